The molecule has 4 rings (SSSR count). The van der Waals surface area contributed by atoms with E-state index in [1.807, 2.05) is 18.1 Å². The third-order valence-electron chi connectivity index (χ3n) is 3.78. The summed E-state index contributed by atoms with van der Waals surface area (Å²) in [6.07, 6.45) is 8.02. The molecule has 1 unspecified atom stereocenters. The highest BCUT2D eigenvalue weighted by Gasteiger charge is 2.25. The number of rotatable bonds is 3. The second-order valence-corrected chi connectivity index (χ2v) is 7.03. The zero-order chi connectivity index (χ0) is 13.5. The van der Waals surface area contributed by atoms with E-state index in [2.05, 4.69) is 24.8 Å². The Morgan fingerprint density at radius 2 is 2.15 bits per heavy atom. The van der Waals surface area contributed by atoms with Crippen molar-refractivity contribution >= 4 is 40.3 Å². The van der Waals surface area contributed by atoms with Gasteiger partial charge in [-0.25, -0.2) is 4.98 Å². The van der Waals surface area contributed by atoms with E-state index in [1.165, 1.54) is 37.9 Å². The fourth-order valence-corrected chi connectivity index (χ4v) is 4.02. The molecule has 2 aromatic heterocycles. The SMILES string of the molecule is Clc1nc(NC2CC2)c2ncn(C3CCCCS3)c2n1. The van der Waals surface area contributed by atoms with Gasteiger partial charge in [0.05, 0.1) is 11.7 Å². The third kappa shape index (κ3) is 2.35. The predicted octanol–water partition coefficient (Wildman–Crippen LogP) is 3.47. The minimum absolute atomic E-state index is 0.295. The Bertz CT molecular complexity index is 633. The number of hydrogen-bond donors (Lipinski definition) is 1. The van der Waals surface area contributed by atoms with Crippen LogP contribution < -0.4 is 5.32 Å². The van der Waals surface area contributed by atoms with Crippen molar-refractivity contribution in [3.63, 3.8) is 0 Å². The fraction of sp³-hybridized carbons (Fsp3) is 0.615. The van der Waals surface area contributed by atoms with Crippen molar-refractivity contribution in [3.8, 4) is 0 Å². The van der Waals surface area contributed by atoms with Crippen LogP contribution in [0.5, 0.6) is 0 Å². The first kappa shape index (κ1) is 12.7. The molecule has 20 heavy (non-hydrogen) atoms. The van der Waals surface area contributed by atoms with Crippen molar-refractivity contribution in [2.45, 2.75) is 43.5 Å². The topological polar surface area (TPSA) is 55.6 Å². The second kappa shape index (κ2) is 5.07. The molecule has 3 heterocycles. The molecule has 2 aromatic rings. The van der Waals surface area contributed by atoms with Crippen molar-refractivity contribution in [2.75, 3.05) is 11.1 Å². The van der Waals surface area contributed by atoms with Gasteiger partial charge in [0.2, 0.25) is 5.28 Å². The summed E-state index contributed by atoms with van der Waals surface area (Å²) < 4.78 is 2.16. The Morgan fingerprint density at radius 1 is 1.25 bits per heavy atom. The maximum absolute atomic E-state index is 6.09. The number of imidazole rings is 1. The Morgan fingerprint density at radius 3 is 2.90 bits per heavy atom. The van der Waals surface area contributed by atoms with Gasteiger partial charge in [0.1, 0.15) is 0 Å². The molecule has 1 saturated carbocycles. The van der Waals surface area contributed by atoms with E-state index in [0.29, 0.717) is 16.7 Å². The summed E-state index contributed by atoms with van der Waals surface area (Å²) >= 11 is 8.06. The van der Waals surface area contributed by atoms with Gasteiger partial charge in [-0.3, -0.25) is 0 Å². The van der Waals surface area contributed by atoms with E-state index in [4.69, 9.17) is 11.6 Å². The van der Waals surface area contributed by atoms with Crippen molar-refractivity contribution < 1.29 is 0 Å². The molecule has 5 nitrogen and oxygen atoms in total. The van der Waals surface area contributed by atoms with Crippen molar-refractivity contribution in [3.05, 3.63) is 11.6 Å². The third-order valence-corrected chi connectivity index (χ3v) is 5.32. The first-order valence-electron chi connectivity index (χ1n) is 7.09. The molecule has 2 fully saturated rings. The Kier molecular flexibility index (Phi) is 3.22. The van der Waals surface area contributed by atoms with Crippen LogP contribution in [0, 0.1) is 0 Å². The van der Waals surface area contributed by atoms with Gasteiger partial charge in [-0.2, -0.15) is 9.97 Å². The number of nitrogens with one attached hydrogen (secondary N) is 1. The number of aromatic nitrogens is 4. The van der Waals surface area contributed by atoms with E-state index < -0.39 is 0 Å². The van der Waals surface area contributed by atoms with Gasteiger partial charge in [-0.15, -0.1) is 11.8 Å². The molecule has 7 heteroatoms. The molecule has 0 radical (unpaired) electrons. The molecule has 1 atom stereocenters. The molecular formula is C13H16ClN5S. The maximum Gasteiger partial charge on any atom is 0.226 e. The predicted molar refractivity (Wildman–Crippen MR) is 82.3 cm³/mol. The maximum atomic E-state index is 6.09. The lowest BCUT2D eigenvalue weighted by atomic mass is 10.2. The van der Waals surface area contributed by atoms with Crippen LogP contribution in [0.1, 0.15) is 37.5 Å². The molecule has 0 spiro atoms. The van der Waals surface area contributed by atoms with Gasteiger partial charge >= 0.3 is 0 Å². The number of thioether (sulfide) groups is 1. The van der Waals surface area contributed by atoms with Crippen molar-refractivity contribution in [2.24, 2.45) is 0 Å². The van der Waals surface area contributed by atoms with Crippen LogP contribution in [-0.2, 0) is 0 Å². The smallest absolute Gasteiger partial charge is 0.226 e. The van der Waals surface area contributed by atoms with Crippen molar-refractivity contribution in [1.82, 2.24) is 19.5 Å². The van der Waals surface area contributed by atoms with Crippen LogP contribution in [0.25, 0.3) is 11.2 Å². The summed E-state index contributed by atoms with van der Waals surface area (Å²) in [6.45, 7) is 0. The van der Waals surface area contributed by atoms with Crippen LogP contribution in [0.2, 0.25) is 5.28 Å². The highest BCUT2D eigenvalue weighted by atomic mass is 35.5. The van der Waals surface area contributed by atoms with Gasteiger partial charge in [-0.05, 0) is 49.5 Å². The van der Waals surface area contributed by atoms with Gasteiger partial charge in [0.25, 0.3) is 0 Å². The van der Waals surface area contributed by atoms with E-state index in [9.17, 15) is 0 Å². The average molecular weight is 310 g/mol. The summed E-state index contributed by atoms with van der Waals surface area (Å²) in [5, 5.41) is 4.12. The van der Waals surface area contributed by atoms with Gasteiger partial charge in [0, 0.05) is 6.04 Å². The minimum atomic E-state index is 0.295. The first-order valence-corrected chi connectivity index (χ1v) is 8.52. The van der Waals surface area contributed by atoms with Crippen LogP contribution >= 0.6 is 23.4 Å². The number of fused-ring (bicyclic) bond motifs is 1. The molecule has 1 aliphatic heterocycles. The van der Waals surface area contributed by atoms with E-state index in [1.54, 1.807) is 0 Å². The summed E-state index contributed by atoms with van der Waals surface area (Å²) in [5.41, 5.74) is 1.69. The number of nitrogens with zero attached hydrogens (tertiary/aromatic N) is 4. The summed E-state index contributed by atoms with van der Waals surface area (Å²) in [4.78, 5) is 13.2. The largest absolute Gasteiger partial charge is 0.365 e. The zero-order valence-electron chi connectivity index (χ0n) is 11.0. The summed E-state index contributed by atoms with van der Waals surface area (Å²) in [5.74, 6) is 1.98. The lowest BCUT2D eigenvalue weighted by molar-refractivity contribution is 0.577. The highest BCUT2D eigenvalue weighted by Crippen LogP contribution is 2.37. The second-order valence-electron chi connectivity index (χ2n) is 5.41. The Labute approximate surface area is 126 Å². The minimum Gasteiger partial charge on any atom is -0.365 e. The Balaban J connectivity index is 1.76. The number of hydrogen-bond acceptors (Lipinski definition) is 5. The normalized spacial score (nSPS) is 23.1. The van der Waals surface area contributed by atoms with E-state index >= 15 is 0 Å². The highest BCUT2D eigenvalue weighted by molar-refractivity contribution is 7.99. The quantitative estimate of drug-likeness (QED) is 0.880. The van der Waals surface area contributed by atoms with Crippen LogP contribution in [0.3, 0.4) is 0 Å². The molecule has 0 amide bonds. The van der Waals surface area contributed by atoms with E-state index in [0.717, 1.165) is 17.0 Å². The van der Waals surface area contributed by atoms with Gasteiger partial charge in [-0.1, -0.05) is 0 Å². The molecule has 0 bridgehead atoms. The lowest BCUT2D eigenvalue weighted by Gasteiger charge is -2.22. The molecule has 0 aromatic carbocycles. The summed E-state index contributed by atoms with van der Waals surface area (Å²) in [6, 6.07) is 0.526. The van der Waals surface area contributed by atoms with Crippen LogP contribution in [0.15, 0.2) is 6.33 Å². The zero-order valence-corrected chi connectivity index (χ0v) is 12.6. The average Bonchev–Trinajstić information content (AvgIpc) is 3.17. The number of halogens is 1. The first-order chi connectivity index (χ1) is 9.81. The monoisotopic (exact) mass is 309 g/mol. The molecule has 106 valence electrons. The fourth-order valence-electron chi connectivity index (χ4n) is 2.57. The number of anilines is 1. The lowest BCUT2D eigenvalue weighted by Crippen LogP contribution is -2.10. The van der Waals surface area contributed by atoms with Gasteiger partial charge in [0.15, 0.2) is 17.0 Å². The van der Waals surface area contributed by atoms with Gasteiger partial charge < -0.3 is 9.88 Å². The molecule has 2 aliphatic rings. The molecule has 1 N–H and O–H groups in total. The molecule has 1 aliphatic carbocycles. The Hall–Kier alpha value is -1.01. The van der Waals surface area contributed by atoms with Crippen molar-refractivity contribution in [1.29, 1.82) is 0 Å². The van der Waals surface area contributed by atoms with Crippen LogP contribution in [0.4, 0.5) is 5.82 Å². The van der Waals surface area contributed by atoms with E-state index in [-0.39, 0.29) is 0 Å². The molecule has 1 saturated heterocycles. The molecular weight excluding hydrogens is 294 g/mol. The summed E-state index contributed by atoms with van der Waals surface area (Å²) in [7, 11) is 0. The standard InChI is InChI=1S/C13H16ClN5S/c14-13-17-11(16-8-4-5-8)10-12(18-13)19(7-15-10)9-3-1-2-6-20-9/h7-9H,1-6H2,(H,16,17,18). The van der Waals surface area contributed by atoms with Crippen LogP contribution in [-0.4, -0.2) is 31.3 Å².